The van der Waals surface area contributed by atoms with Crippen LogP contribution >= 0.6 is 11.8 Å². The van der Waals surface area contributed by atoms with Crippen LogP contribution < -0.4 is 0 Å². The maximum absolute atomic E-state index is 3.99. The highest BCUT2D eigenvalue weighted by Crippen LogP contribution is 2.32. The predicted octanol–water partition coefficient (Wildman–Crippen LogP) is 1.59. The summed E-state index contributed by atoms with van der Waals surface area (Å²) in [6, 6.07) is 0. The van der Waals surface area contributed by atoms with Crippen molar-refractivity contribution in [3.63, 3.8) is 0 Å². The highest BCUT2D eigenvalue weighted by Gasteiger charge is 2.12. The molecule has 0 fully saturated rings. The summed E-state index contributed by atoms with van der Waals surface area (Å²) in [6.45, 7) is 0. The first-order chi connectivity index (χ1) is 3.97. The molecule has 0 N–H and O–H groups in total. The van der Waals surface area contributed by atoms with Crippen molar-refractivity contribution >= 4 is 18.0 Å². The minimum Gasteiger partial charge on any atom is -0.263 e. The van der Waals surface area contributed by atoms with E-state index >= 15 is 0 Å². The highest BCUT2D eigenvalue weighted by molar-refractivity contribution is 8.03. The lowest BCUT2D eigenvalue weighted by atomic mass is 10.3. The Morgan fingerprint density at radius 2 is 2.62 bits per heavy atom. The molecule has 0 aromatic carbocycles. The van der Waals surface area contributed by atoms with E-state index in [0.29, 0.717) is 0 Å². The van der Waals surface area contributed by atoms with E-state index in [0.717, 1.165) is 5.75 Å². The largest absolute Gasteiger partial charge is 0.263 e. The number of hydrogen-bond donors (Lipinski definition) is 0. The van der Waals surface area contributed by atoms with Crippen LogP contribution in [0.2, 0.25) is 0 Å². The second-order valence-electron chi connectivity index (χ2n) is 1.74. The Hall–Kier alpha value is -0.500. The monoisotopic (exact) mass is 123 g/mol. The molecule has 2 aliphatic heterocycles. The molecule has 2 heteroatoms. The molecular weight excluding hydrogens is 118 g/mol. The smallest absolute Gasteiger partial charge is 0.0410 e. The second-order valence-corrected chi connectivity index (χ2v) is 2.80. The van der Waals surface area contributed by atoms with Crippen LogP contribution in [-0.4, -0.2) is 12.0 Å². The first-order valence-electron chi connectivity index (χ1n) is 2.53. The van der Waals surface area contributed by atoms with Gasteiger partial charge >= 0.3 is 0 Å². The van der Waals surface area contributed by atoms with Gasteiger partial charge in [0.15, 0.2) is 0 Å². The van der Waals surface area contributed by atoms with Crippen molar-refractivity contribution in [3.05, 3.63) is 22.8 Å². The first kappa shape index (κ1) is 4.39. The van der Waals surface area contributed by atoms with E-state index in [-0.39, 0.29) is 0 Å². The van der Waals surface area contributed by atoms with Gasteiger partial charge in [-0.25, -0.2) is 0 Å². The van der Waals surface area contributed by atoms with E-state index in [4.69, 9.17) is 0 Å². The molecule has 2 heterocycles. The SMILES string of the molecule is C1=NC=C2SCC=C12. The number of rotatable bonds is 0. The Morgan fingerprint density at radius 3 is 3.50 bits per heavy atom. The zero-order valence-corrected chi connectivity index (χ0v) is 5.11. The van der Waals surface area contributed by atoms with Crippen molar-refractivity contribution in [1.82, 2.24) is 0 Å². The summed E-state index contributed by atoms with van der Waals surface area (Å²) in [6.07, 6.45) is 6.03. The lowest BCUT2D eigenvalue weighted by Crippen LogP contribution is -1.71. The van der Waals surface area contributed by atoms with E-state index in [2.05, 4.69) is 11.1 Å². The Morgan fingerprint density at radius 1 is 1.62 bits per heavy atom. The molecule has 2 rings (SSSR count). The first-order valence-corrected chi connectivity index (χ1v) is 3.52. The predicted molar refractivity (Wildman–Crippen MR) is 37.1 cm³/mol. The minimum atomic E-state index is 1.13. The molecule has 0 unspecified atom stereocenters. The molecule has 0 bridgehead atoms. The van der Waals surface area contributed by atoms with E-state index in [9.17, 15) is 0 Å². The third-order valence-electron chi connectivity index (χ3n) is 1.23. The Bertz CT molecular complexity index is 201. The summed E-state index contributed by atoms with van der Waals surface area (Å²) in [5.41, 5.74) is 1.31. The lowest BCUT2D eigenvalue weighted by molar-refractivity contribution is 1.64. The fourth-order valence-corrected chi connectivity index (χ4v) is 1.70. The van der Waals surface area contributed by atoms with Crippen LogP contribution in [0, 0.1) is 0 Å². The molecule has 0 radical (unpaired) electrons. The Balaban J connectivity index is 2.49. The van der Waals surface area contributed by atoms with Gasteiger partial charge in [0, 0.05) is 28.6 Å². The van der Waals surface area contributed by atoms with Gasteiger partial charge in [-0.1, -0.05) is 6.08 Å². The van der Waals surface area contributed by atoms with Gasteiger partial charge in [0.25, 0.3) is 0 Å². The summed E-state index contributed by atoms with van der Waals surface area (Å²) >= 11 is 1.86. The minimum absolute atomic E-state index is 1.13. The number of nitrogens with zero attached hydrogens (tertiary/aromatic N) is 1. The molecule has 0 amide bonds. The van der Waals surface area contributed by atoms with Crippen molar-refractivity contribution in [2.45, 2.75) is 0 Å². The molecule has 0 aliphatic carbocycles. The molecule has 0 saturated heterocycles. The molecule has 0 aromatic heterocycles. The second kappa shape index (κ2) is 1.49. The van der Waals surface area contributed by atoms with Crippen LogP contribution in [0.3, 0.4) is 0 Å². The average molecular weight is 123 g/mol. The average Bonchev–Trinajstić information content (AvgIpc) is 2.15. The van der Waals surface area contributed by atoms with Gasteiger partial charge in [0.05, 0.1) is 0 Å². The molecular formula is C6H5NS. The molecule has 8 heavy (non-hydrogen) atoms. The Kier molecular flexibility index (Phi) is 0.815. The maximum atomic E-state index is 3.99. The van der Waals surface area contributed by atoms with Gasteiger partial charge in [0.2, 0.25) is 0 Å². The van der Waals surface area contributed by atoms with Gasteiger partial charge < -0.3 is 0 Å². The van der Waals surface area contributed by atoms with Crippen LogP contribution in [0.5, 0.6) is 0 Å². The van der Waals surface area contributed by atoms with E-state index < -0.39 is 0 Å². The topological polar surface area (TPSA) is 12.4 Å². The standard InChI is InChI=1S/C6H5NS/c1-2-8-6-4-7-3-5(1)6/h1,3-4H,2H2. The number of aliphatic imine (C=N–C) groups is 1. The van der Waals surface area contributed by atoms with Gasteiger partial charge in [-0.15, -0.1) is 11.8 Å². The highest BCUT2D eigenvalue weighted by atomic mass is 32.2. The summed E-state index contributed by atoms with van der Waals surface area (Å²) in [7, 11) is 0. The molecule has 2 aliphatic rings. The normalized spacial score (nSPS) is 23.0. The molecule has 0 spiro atoms. The molecule has 0 atom stereocenters. The number of allylic oxidation sites excluding steroid dienone is 1. The molecule has 1 nitrogen and oxygen atoms in total. The molecule has 0 saturated carbocycles. The number of hydrogen-bond acceptors (Lipinski definition) is 2. The van der Waals surface area contributed by atoms with Crippen LogP contribution in [-0.2, 0) is 0 Å². The van der Waals surface area contributed by atoms with Crippen molar-refractivity contribution in [2.24, 2.45) is 4.99 Å². The van der Waals surface area contributed by atoms with E-state index in [1.165, 1.54) is 10.5 Å². The van der Waals surface area contributed by atoms with Gasteiger partial charge in [-0.2, -0.15) is 0 Å². The van der Waals surface area contributed by atoms with Crippen molar-refractivity contribution < 1.29 is 0 Å². The fourth-order valence-electron chi connectivity index (χ4n) is 0.819. The van der Waals surface area contributed by atoms with Crippen LogP contribution in [0.1, 0.15) is 0 Å². The maximum Gasteiger partial charge on any atom is 0.0410 e. The number of fused-ring (bicyclic) bond motifs is 1. The van der Waals surface area contributed by atoms with Gasteiger partial charge in [-0.05, 0) is 0 Å². The van der Waals surface area contributed by atoms with Crippen molar-refractivity contribution in [2.75, 3.05) is 5.75 Å². The van der Waals surface area contributed by atoms with Crippen molar-refractivity contribution in [3.8, 4) is 0 Å². The van der Waals surface area contributed by atoms with E-state index in [1.807, 2.05) is 24.2 Å². The zero-order valence-electron chi connectivity index (χ0n) is 4.29. The summed E-state index contributed by atoms with van der Waals surface area (Å²) < 4.78 is 0. The quantitative estimate of drug-likeness (QED) is 0.476. The summed E-state index contributed by atoms with van der Waals surface area (Å²) in [4.78, 5) is 5.33. The molecule has 0 aromatic rings. The van der Waals surface area contributed by atoms with Crippen LogP contribution in [0.25, 0.3) is 0 Å². The third-order valence-corrected chi connectivity index (χ3v) is 2.22. The van der Waals surface area contributed by atoms with Crippen LogP contribution in [0.15, 0.2) is 27.7 Å². The molecule has 40 valence electrons. The zero-order chi connectivity index (χ0) is 5.40. The van der Waals surface area contributed by atoms with Crippen molar-refractivity contribution in [1.29, 1.82) is 0 Å². The summed E-state index contributed by atoms with van der Waals surface area (Å²) in [5, 5.41) is 0. The van der Waals surface area contributed by atoms with Gasteiger partial charge in [0.1, 0.15) is 0 Å². The van der Waals surface area contributed by atoms with Gasteiger partial charge in [-0.3, -0.25) is 4.99 Å². The third kappa shape index (κ3) is 0.464. The van der Waals surface area contributed by atoms with Crippen LogP contribution in [0.4, 0.5) is 0 Å². The number of thioether (sulfide) groups is 1. The fraction of sp³-hybridized carbons (Fsp3) is 0.167. The summed E-state index contributed by atoms with van der Waals surface area (Å²) in [5.74, 6) is 1.13. The van der Waals surface area contributed by atoms with E-state index in [1.54, 1.807) is 0 Å². The lowest BCUT2D eigenvalue weighted by Gasteiger charge is -1.85. The Labute approximate surface area is 52.2 Å².